The zero-order valence-corrected chi connectivity index (χ0v) is 45.1. The van der Waals surface area contributed by atoms with E-state index in [1.54, 1.807) is 0 Å². The molecule has 0 amide bonds. The Bertz CT molecular complexity index is 4260. The minimum atomic E-state index is 1.02. The molecule has 14 rings (SSSR count). The van der Waals surface area contributed by atoms with Crippen molar-refractivity contribution in [1.29, 1.82) is 0 Å². The number of para-hydroxylation sites is 5. The van der Waals surface area contributed by atoms with E-state index in [4.69, 9.17) is 0 Å². The highest BCUT2D eigenvalue weighted by Crippen LogP contribution is 2.53. The van der Waals surface area contributed by atoms with Crippen LogP contribution in [0.2, 0.25) is 0 Å². The molecule has 0 heterocycles. The van der Waals surface area contributed by atoms with Gasteiger partial charge in [-0.3, -0.25) is 0 Å². The maximum Gasteiger partial charge on any atom is 0.0620 e. The average Bonchev–Trinajstić information content (AvgIpc) is 3.11. The van der Waals surface area contributed by atoms with Crippen molar-refractivity contribution in [2.24, 2.45) is 0 Å². The van der Waals surface area contributed by atoms with Gasteiger partial charge in [-0.15, -0.1) is 0 Å². The van der Waals surface area contributed by atoms with Crippen LogP contribution in [0.25, 0.3) is 54.6 Å². The predicted molar refractivity (Wildman–Crippen MR) is 349 cm³/mol. The van der Waals surface area contributed by atoms with Gasteiger partial charge in [-0.25, -0.2) is 0 Å². The summed E-state index contributed by atoms with van der Waals surface area (Å²) >= 11 is 0. The van der Waals surface area contributed by atoms with Gasteiger partial charge >= 0.3 is 0 Å². The summed E-state index contributed by atoms with van der Waals surface area (Å²) in [5.41, 5.74) is 17.3. The Morgan fingerprint density at radius 2 is 0.415 bits per heavy atom. The van der Waals surface area contributed by atoms with Crippen molar-refractivity contribution in [3.63, 3.8) is 0 Å². The second-order valence-corrected chi connectivity index (χ2v) is 20.5. The first kappa shape index (κ1) is 49.4. The standard InChI is InChI=1S/C78H56N4/c1-8-24-57(25-9-1)61-42-53-74-75(55-61)77(73-52-41-62(58-26-10-2-11-27-58)56-76(73)78(74)82(67-38-20-7-21-39-67)72-43-40-59-28-22-23-29-60(59)54-72)81(70-48-44-68(45-49-70)79(63-30-12-3-13-31-63)64-32-14-4-15-33-64)71-50-46-69(47-51-71)80(65-34-16-5-17-35-65)66-36-18-6-19-37-66/h1-56H. The molecule has 0 saturated heterocycles. The van der Waals surface area contributed by atoms with E-state index in [1.165, 1.54) is 10.8 Å². The van der Waals surface area contributed by atoms with Crippen LogP contribution in [-0.4, -0.2) is 0 Å². The Hall–Kier alpha value is -10.9. The summed E-state index contributed by atoms with van der Waals surface area (Å²) in [5.74, 6) is 0. The number of hydrogen-bond donors (Lipinski definition) is 0. The number of benzene rings is 14. The average molecular weight is 1050 g/mol. The maximum atomic E-state index is 2.49. The predicted octanol–water partition coefficient (Wildman–Crippen LogP) is 22.4. The van der Waals surface area contributed by atoms with E-state index >= 15 is 0 Å². The van der Waals surface area contributed by atoms with Gasteiger partial charge in [-0.1, -0.05) is 206 Å². The number of anilines is 12. The minimum Gasteiger partial charge on any atom is -0.311 e. The van der Waals surface area contributed by atoms with Crippen molar-refractivity contribution in [1.82, 2.24) is 0 Å². The van der Waals surface area contributed by atoms with Gasteiger partial charge in [0.05, 0.1) is 11.4 Å². The second kappa shape index (κ2) is 22.1. The number of fused-ring (bicyclic) bond motifs is 3. The lowest BCUT2D eigenvalue weighted by Crippen LogP contribution is -2.15. The van der Waals surface area contributed by atoms with Crippen LogP contribution >= 0.6 is 0 Å². The summed E-state index contributed by atoms with van der Waals surface area (Å²) in [5, 5.41) is 6.81. The summed E-state index contributed by atoms with van der Waals surface area (Å²) in [6, 6.07) is 123. The molecule has 14 aromatic rings. The fraction of sp³-hybridized carbons (Fsp3) is 0. The molecule has 0 saturated carbocycles. The lowest BCUT2D eigenvalue weighted by molar-refractivity contribution is 1.25. The van der Waals surface area contributed by atoms with Crippen molar-refractivity contribution in [3.8, 4) is 22.3 Å². The third-order valence-corrected chi connectivity index (χ3v) is 15.5. The largest absolute Gasteiger partial charge is 0.311 e. The van der Waals surface area contributed by atoms with Crippen LogP contribution in [0.15, 0.2) is 340 Å². The highest BCUT2D eigenvalue weighted by atomic mass is 15.2. The third kappa shape index (κ3) is 9.55. The monoisotopic (exact) mass is 1050 g/mol. The van der Waals surface area contributed by atoms with Gasteiger partial charge in [0.15, 0.2) is 0 Å². The van der Waals surface area contributed by atoms with Crippen LogP contribution < -0.4 is 19.6 Å². The van der Waals surface area contributed by atoms with E-state index in [2.05, 4.69) is 359 Å². The normalized spacial score (nSPS) is 11.2. The van der Waals surface area contributed by atoms with Crippen LogP contribution in [0, 0.1) is 0 Å². The molecule has 0 aliphatic rings. The molecule has 0 atom stereocenters. The van der Waals surface area contributed by atoms with Crippen molar-refractivity contribution in [2.75, 3.05) is 19.6 Å². The SMILES string of the molecule is c1ccc(-c2ccc3c(N(c4ccccc4)c4ccc5ccccc5c4)c4cc(-c5ccccc5)ccc4c(N(c4ccc(N(c5ccccc5)c5ccccc5)cc4)c4ccc(N(c5ccccc5)c5ccccc5)cc4)c3c2)cc1. The van der Waals surface area contributed by atoms with E-state index in [0.29, 0.717) is 0 Å². The van der Waals surface area contributed by atoms with E-state index in [-0.39, 0.29) is 0 Å². The number of rotatable bonds is 14. The first-order valence-electron chi connectivity index (χ1n) is 28.0. The highest BCUT2D eigenvalue weighted by molar-refractivity contribution is 6.24. The van der Waals surface area contributed by atoms with Gasteiger partial charge in [0.2, 0.25) is 0 Å². The van der Waals surface area contributed by atoms with Crippen molar-refractivity contribution in [3.05, 3.63) is 340 Å². The maximum absolute atomic E-state index is 2.49. The molecule has 0 N–H and O–H groups in total. The van der Waals surface area contributed by atoms with Crippen LogP contribution in [-0.2, 0) is 0 Å². The smallest absolute Gasteiger partial charge is 0.0620 e. The molecule has 0 unspecified atom stereocenters. The van der Waals surface area contributed by atoms with Crippen LogP contribution in [0.3, 0.4) is 0 Å². The minimum absolute atomic E-state index is 1.02. The van der Waals surface area contributed by atoms with Crippen LogP contribution in [0.5, 0.6) is 0 Å². The summed E-state index contributed by atoms with van der Waals surface area (Å²) < 4.78 is 0. The third-order valence-electron chi connectivity index (χ3n) is 15.5. The highest BCUT2D eigenvalue weighted by Gasteiger charge is 2.28. The molecule has 0 radical (unpaired) electrons. The quantitative estimate of drug-likeness (QED) is 0.0795. The molecule has 0 aliphatic carbocycles. The molecule has 4 heteroatoms. The Kier molecular flexibility index (Phi) is 13.3. The zero-order chi connectivity index (χ0) is 54.6. The molecular weight excluding hydrogens is 993 g/mol. The lowest BCUT2D eigenvalue weighted by atomic mass is 9.91. The Morgan fingerprint density at radius 1 is 0.146 bits per heavy atom. The number of nitrogens with zero attached hydrogens (tertiary/aromatic N) is 4. The fourth-order valence-electron chi connectivity index (χ4n) is 11.7. The van der Waals surface area contributed by atoms with Crippen LogP contribution in [0.1, 0.15) is 0 Å². The Morgan fingerprint density at radius 3 is 0.780 bits per heavy atom. The Balaban J connectivity index is 1.07. The molecule has 0 bridgehead atoms. The molecule has 0 fully saturated rings. The van der Waals surface area contributed by atoms with Gasteiger partial charge < -0.3 is 19.6 Å². The van der Waals surface area contributed by atoms with Gasteiger partial charge in [-0.2, -0.15) is 0 Å². The van der Waals surface area contributed by atoms with Crippen molar-refractivity contribution in [2.45, 2.75) is 0 Å². The van der Waals surface area contributed by atoms with E-state index < -0.39 is 0 Å². The molecule has 14 aromatic carbocycles. The molecular formula is C78H56N4. The molecule has 4 nitrogen and oxygen atoms in total. The number of hydrogen-bond acceptors (Lipinski definition) is 4. The van der Waals surface area contributed by atoms with Gasteiger partial charge in [0, 0.05) is 78.4 Å². The summed E-state index contributed by atoms with van der Waals surface area (Å²) in [4.78, 5) is 9.63. The van der Waals surface area contributed by atoms with E-state index in [1.807, 2.05) is 0 Å². The van der Waals surface area contributed by atoms with Gasteiger partial charge in [-0.05, 0) is 166 Å². The van der Waals surface area contributed by atoms with E-state index in [0.717, 1.165) is 112 Å². The first-order valence-corrected chi connectivity index (χ1v) is 28.0. The topological polar surface area (TPSA) is 13.0 Å². The Labute approximate surface area is 479 Å². The molecule has 0 aliphatic heterocycles. The zero-order valence-electron chi connectivity index (χ0n) is 45.1. The van der Waals surface area contributed by atoms with Gasteiger partial charge in [0.1, 0.15) is 0 Å². The first-order chi connectivity index (χ1) is 40.7. The summed E-state index contributed by atoms with van der Waals surface area (Å²) in [6.45, 7) is 0. The molecule has 0 aromatic heterocycles. The molecule has 388 valence electrons. The van der Waals surface area contributed by atoms with Crippen molar-refractivity contribution < 1.29 is 0 Å². The van der Waals surface area contributed by atoms with E-state index in [9.17, 15) is 0 Å². The van der Waals surface area contributed by atoms with Gasteiger partial charge in [0.25, 0.3) is 0 Å². The molecule has 0 spiro atoms. The molecule has 82 heavy (non-hydrogen) atoms. The summed E-state index contributed by atoms with van der Waals surface area (Å²) in [7, 11) is 0. The van der Waals surface area contributed by atoms with Crippen molar-refractivity contribution >= 4 is 101 Å². The fourth-order valence-corrected chi connectivity index (χ4v) is 11.7. The lowest BCUT2D eigenvalue weighted by Gasteiger charge is -2.34. The van der Waals surface area contributed by atoms with Crippen LogP contribution in [0.4, 0.5) is 68.2 Å². The second-order valence-electron chi connectivity index (χ2n) is 20.5. The summed E-state index contributed by atoms with van der Waals surface area (Å²) in [6.07, 6.45) is 0.